The molecular weight excluding hydrogens is 384 g/mol. The van der Waals surface area contributed by atoms with E-state index in [2.05, 4.69) is 10.6 Å². The van der Waals surface area contributed by atoms with Crippen LogP contribution in [0.2, 0.25) is 5.02 Å². The summed E-state index contributed by atoms with van der Waals surface area (Å²) >= 11 is 5.89. The average molecular weight is 405 g/mol. The molecule has 0 aliphatic rings. The summed E-state index contributed by atoms with van der Waals surface area (Å²) in [7, 11) is 1.46. The van der Waals surface area contributed by atoms with Crippen LogP contribution in [-0.2, 0) is 14.3 Å². The first-order valence-electron chi connectivity index (χ1n) is 8.53. The molecule has 0 aliphatic heterocycles. The highest BCUT2D eigenvalue weighted by Gasteiger charge is 2.12. The SMILES string of the molecule is COc1ccc(Cl)cc1NC(=O)COC(=O)CCNC(=O)c1ccccc1C. The summed E-state index contributed by atoms with van der Waals surface area (Å²) in [6.07, 6.45) is -0.0502. The zero-order chi connectivity index (χ0) is 20.5. The van der Waals surface area contributed by atoms with Crippen molar-refractivity contribution in [2.75, 3.05) is 25.6 Å². The third-order valence-corrected chi connectivity index (χ3v) is 4.04. The third kappa shape index (κ3) is 6.28. The molecule has 0 unspecified atom stereocenters. The number of ether oxygens (including phenoxy) is 2. The fourth-order valence-electron chi connectivity index (χ4n) is 2.38. The lowest BCUT2D eigenvalue weighted by Crippen LogP contribution is -2.28. The third-order valence-electron chi connectivity index (χ3n) is 3.80. The molecule has 2 N–H and O–H groups in total. The van der Waals surface area contributed by atoms with Crippen LogP contribution in [0.15, 0.2) is 42.5 Å². The van der Waals surface area contributed by atoms with Crippen LogP contribution in [0.5, 0.6) is 5.75 Å². The average Bonchev–Trinajstić information content (AvgIpc) is 2.67. The number of hydrogen-bond donors (Lipinski definition) is 2. The first-order valence-corrected chi connectivity index (χ1v) is 8.91. The summed E-state index contributed by atoms with van der Waals surface area (Å²) in [6, 6.07) is 11.9. The zero-order valence-electron chi connectivity index (χ0n) is 15.6. The zero-order valence-corrected chi connectivity index (χ0v) is 16.3. The molecule has 2 amide bonds. The maximum Gasteiger partial charge on any atom is 0.308 e. The summed E-state index contributed by atoms with van der Waals surface area (Å²) < 4.78 is 10.0. The van der Waals surface area contributed by atoms with Gasteiger partial charge in [0.25, 0.3) is 11.8 Å². The molecule has 0 bridgehead atoms. The van der Waals surface area contributed by atoms with E-state index in [0.717, 1.165) is 5.56 Å². The van der Waals surface area contributed by atoms with Crippen molar-refractivity contribution in [3.05, 3.63) is 58.6 Å². The van der Waals surface area contributed by atoms with Crippen LogP contribution < -0.4 is 15.4 Å². The van der Waals surface area contributed by atoms with Gasteiger partial charge in [0.15, 0.2) is 6.61 Å². The number of rotatable bonds is 8. The van der Waals surface area contributed by atoms with E-state index in [1.54, 1.807) is 24.3 Å². The lowest BCUT2D eigenvalue weighted by atomic mass is 10.1. The maximum atomic E-state index is 12.1. The van der Waals surface area contributed by atoms with Gasteiger partial charge in [-0.3, -0.25) is 14.4 Å². The second kappa shape index (κ2) is 10.3. The Balaban J connectivity index is 1.74. The number of nitrogens with one attached hydrogen (secondary N) is 2. The van der Waals surface area contributed by atoms with Gasteiger partial charge in [-0.15, -0.1) is 0 Å². The Morgan fingerprint density at radius 3 is 2.57 bits per heavy atom. The molecule has 2 aromatic carbocycles. The predicted molar refractivity (Wildman–Crippen MR) is 106 cm³/mol. The lowest BCUT2D eigenvalue weighted by molar-refractivity contribution is -0.147. The normalized spacial score (nSPS) is 10.1. The molecule has 0 aromatic heterocycles. The molecule has 0 spiro atoms. The van der Waals surface area contributed by atoms with Crippen molar-refractivity contribution in [1.29, 1.82) is 0 Å². The van der Waals surface area contributed by atoms with Crippen molar-refractivity contribution in [1.82, 2.24) is 5.32 Å². The molecule has 0 heterocycles. The van der Waals surface area contributed by atoms with Gasteiger partial charge in [0, 0.05) is 17.1 Å². The van der Waals surface area contributed by atoms with E-state index in [9.17, 15) is 14.4 Å². The number of amides is 2. The van der Waals surface area contributed by atoms with Crippen molar-refractivity contribution in [3.8, 4) is 5.75 Å². The second-order valence-electron chi connectivity index (χ2n) is 5.87. The molecule has 0 saturated heterocycles. The molecule has 0 saturated carbocycles. The summed E-state index contributed by atoms with van der Waals surface area (Å²) in [5.41, 5.74) is 1.77. The fourth-order valence-corrected chi connectivity index (χ4v) is 2.56. The van der Waals surface area contributed by atoms with Crippen molar-refractivity contribution in [3.63, 3.8) is 0 Å². The molecule has 2 rings (SSSR count). The highest BCUT2D eigenvalue weighted by molar-refractivity contribution is 6.31. The Morgan fingerprint density at radius 2 is 1.86 bits per heavy atom. The van der Waals surface area contributed by atoms with Crippen molar-refractivity contribution < 1.29 is 23.9 Å². The highest BCUT2D eigenvalue weighted by atomic mass is 35.5. The Labute approximate surface area is 168 Å². The van der Waals surface area contributed by atoms with Crippen LogP contribution in [0, 0.1) is 6.92 Å². The van der Waals surface area contributed by atoms with Crippen LogP contribution in [0.3, 0.4) is 0 Å². The van der Waals surface area contributed by atoms with E-state index in [1.807, 2.05) is 19.1 Å². The number of halogens is 1. The number of carbonyl (C=O) groups excluding carboxylic acids is 3. The van der Waals surface area contributed by atoms with Crippen LogP contribution >= 0.6 is 11.6 Å². The number of aryl methyl sites for hydroxylation is 1. The smallest absolute Gasteiger partial charge is 0.308 e. The molecule has 8 heteroatoms. The minimum Gasteiger partial charge on any atom is -0.495 e. The van der Waals surface area contributed by atoms with Gasteiger partial charge in [0.05, 0.1) is 19.2 Å². The summed E-state index contributed by atoms with van der Waals surface area (Å²) in [4.78, 5) is 35.8. The van der Waals surface area contributed by atoms with E-state index < -0.39 is 18.5 Å². The standard InChI is InChI=1S/C20H21ClN2O5/c1-13-5-3-4-6-15(13)20(26)22-10-9-19(25)28-12-18(24)23-16-11-14(21)7-8-17(16)27-2/h3-8,11H,9-10,12H2,1-2H3,(H,22,26)(H,23,24). The van der Waals surface area contributed by atoms with Crippen molar-refractivity contribution >= 4 is 35.1 Å². The van der Waals surface area contributed by atoms with Gasteiger partial charge in [-0.05, 0) is 36.8 Å². The van der Waals surface area contributed by atoms with E-state index in [1.165, 1.54) is 13.2 Å². The molecule has 0 radical (unpaired) electrons. The number of methoxy groups -OCH3 is 1. The van der Waals surface area contributed by atoms with Gasteiger partial charge in [-0.1, -0.05) is 29.8 Å². The van der Waals surface area contributed by atoms with Crippen molar-refractivity contribution in [2.24, 2.45) is 0 Å². The summed E-state index contributed by atoms with van der Waals surface area (Å²) in [6.45, 7) is 1.48. The van der Waals surface area contributed by atoms with E-state index in [-0.39, 0.29) is 18.9 Å². The number of anilines is 1. The van der Waals surface area contributed by atoms with Gasteiger partial charge < -0.3 is 20.1 Å². The number of hydrogen-bond acceptors (Lipinski definition) is 5. The van der Waals surface area contributed by atoms with Crippen LogP contribution in [0.25, 0.3) is 0 Å². The first-order chi connectivity index (χ1) is 13.4. The largest absolute Gasteiger partial charge is 0.495 e. The summed E-state index contributed by atoms with van der Waals surface area (Å²) in [5, 5.41) is 5.64. The van der Waals surface area contributed by atoms with Crippen LogP contribution in [0.4, 0.5) is 5.69 Å². The van der Waals surface area contributed by atoms with E-state index in [0.29, 0.717) is 22.0 Å². The van der Waals surface area contributed by atoms with Gasteiger partial charge in [-0.25, -0.2) is 0 Å². The molecule has 0 aliphatic carbocycles. The van der Waals surface area contributed by atoms with Gasteiger partial charge in [-0.2, -0.15) is 0 Å². The monoisotopic (exact) mass is 404 g/mol. The molecule has 2 aromatic rings. The molecule has 0 atom stereocenters. The first kappa shape index (κ1) is 21.2. The Bertz CT molecular complexity index is 869. The summed E-state index contributed by atoms with van der Waals surface area (Å²) in [5.74, 6) is -0.962. The van der Waals surface area contributed by atoms with Crippen molar-refractivity contribution in [2.45, 2.75) is 13.3 Å². The number of esters is 1. The van der Waals surface area contributed by atoms with Crippen LogP contribution in [0.1, 0.15) is 22.3 Å². The minimum absolute atomic E-state index is 0.0502. The van der Waals surface area contributed by atoms with E-state index in [4.69, 9.17) is 21.1 Å². The number of carbonyl (C=O) groups is 3. The quantitative estimate of drug-likeness (QED) is 0.660. The van der Waals surface area contributed by atoms with E-state index >= 15 is 0 Å². The Hall–Kier alpha value is -3.06. The molecular formula is C20H21ClN2O5. The molecule has 148 valence electrons. The lowest BCUT2D eigenvalue weighted by Gasteiger charge is -2.11. The predicted octanol–water partition coefficient (Wildman–Crippen LogP) is 2.96. The van der Waals surface area contributed by atoms with Gasteiger partial charge in [0.1, 0.15) is 5.75 Å². The van der Waals surface area contributed by atoms with Gasteiger partial charge in [0.2, 0.25) is 0 Å². The molecule has 0 fully saturated rings. The fraction of sp³-hybridized carbons (Fsp3) is 0.250. The maximum absolute atomic E-state index is 12.1. The van der Waals surface area contributed by atoms with Crippen LogP contribution in [-0.4, -0.2) is 38.0 Å². The highest BCUT2D eigenvalue weighted by Crippen LogP contribution is 2.27. The molecule has 28 heavy (non-hydrogen) atoms. The minimum atomic E-state index is -0.599. The number of benzene rings is 2. The topological polar surface area (TPSA) is 93.7 Å². The Morgan fingerprint density at radius 1 is 1.11 bits per heavy atom. The molecule has 7 nitrogen and oxygen atoms in total. The van der Waals surface area contributed by atoms with Gasteiger partial charge >= 0.3 is 5.97 Å². The Kier molecular flexibility index (Phi) is 7.83. The second-order valence-corrected chi connectivity index (χ2v) is 6.31.